The number of fused-ring (bicyclic) bond motifs is 8. The van der Waals surface area contributed by atoms with E-state index in [0.29, 0.717) is 56.8 Å². The van der Waals surface area contributed by atoms with Gasteiger partial charge in [-0.2, -0.15) is 0 Å². The molecule has 2 heterocycles. The Morgan fingerprint density at radius 1 is 0.316 bits per heavy atom. The van der Waals surface area contributed by atoms with Gasteiger partial charge in [-0.25, -0.2) is 0 Å². The smallest absolute Gasteiger partial charge is 0.453 e. The lowest BCUT2D eigenvalue weighted by atomic mass is 9.84. The van der Waals surface area contributed by atoms with Crippen molar-refractivity contribution in [3.8, 4) is 45.6 Å². The molecule has 0 atom stereocenters. The first-order valence-corrected chi connectivity index (χ1v) is 27.8. The van der Waals surface area contributed by atoms with Crippen molar-refractivity contribution in [3.63, 3.8) is 0 Å². The third-order valence-corrected chi connectivity index (χ3v) is 16.1. The standard InChI is InChI=1S/C64H68O10P2/c1-61(2,3)49-33-39(65-13)29-45-46-30-40(66-14)34-50(62(4,5)6)58(46)72-75(71-57(45)49)69-53-27-25-37-21-17-19-23-43(37)55(53)56-44-24-20-18-22-38(44)26-28-54(56)70-76-73-59-47(31-41(67-15)35-51(59)63(7,8)9)48-32-42(68-16)36-52(60(48)74-76)64(10,11)12/h17-36H,1-16H3. The summed E-state index contributed by atoms with van der Waals surface area (Å²) in [4.78, 5) is 0. The average Bonchev–Trinajstić information content (AvgIpc) is 3.63. The summed E-state index contributed by atoms with van der Waals surface area (Å²) >= 11 is 0. The Kier molecular flexibility index (Phi) is 13.4. The number of methoxy groups -OCH3 is 4. The summed E-state index contributed by atoms with van der Waals surface area (Å²) in [6.07, 6.45) is 0. The van der Waals surface area contributed by atoms with Gasteiger partial charge in [-0.15, -0.1) is 0 Å². The third kappa shape index (κ3) is 9.71. The van der Waals surface area contributed by atoms with E-state index < -0.39 is 16.5 Å². The molecule has 0 saturated heterocycles. The van der Waals surface area contributed by atoms with Crippen molar-refractivity contribution in [3.05, 3.63) is 144 Å². The number of hydrogen-bond acceptors (Lipinski definition) is 10. The first-order chi connectivity index (χ1) is 36.0. The molecule has 0 N–H and O–H groups in total. The molecule has 0 aliphatic heterocycles. The minimum atomic E-state index is -2.22. The van der Waals surface area contributed by atoms with Gasteiger partial charge in [0.25, 0.3) is 0 Å². The Hall–Kier alpha value is -7.12. The van der Waals surface area contributed by atoms with Crippen LogP contribution in [-0.4, -0.2) is 28.4 Å². The van der Waals surface area contributed by atoms with E-state index in [1.165, 1.54) is 0 Å². The fourth-order valence-corrected chi connectivity index (χ4v) is 12.3. The van der Waals surface area contributed by atoms with Gasteiger partial charge in [0.1, 0.15) is 56.8 Å². The second-order valence-corrected chi connectivity index (χ2v) is 25.5. The highest BCUT2D eigenvalue weighted by atomic mass is 31.1. The maximum absolute atomic E-state index is 7.37. The van der Waals surface area contributed by atoms with E-state index in [1.54, 1.807) is 28.4 Å². The Labute approximate surface area is 447 Å². The summed E-state index contributed by atoms with van der Waals surface area (Å²) in [5.74, 6) is 3.86. The maximum Gasteiger partial charge on any atom is 0.453 e. The van der Waals surface area contributed by atoms with Gasteiger partial charge < -0.3 is 44.8 Å². The maximum atomic E-state index is 7.37. The fourth-order valence-electron chi connectivity index (χ4n) is 10.0. The van der Waals surface area contributed by atoms with Crippen molar-refractivity contribution in [2.75, 3.05) is 28.4 Å². The zero-order chi connectivity index (χ0) is 54.2. The summed E-state index contributed by atoms with van der Waals surface area (Å²) in [5, 5.41) is 7.13. The number of ether oxygens (including phenoxy) is 4. The molecule has 8 aromatic carbocycles. The van der Waals surface area contributed by atoms with Crippen LogP contribution in [0.3, 0.4) is 0 Å². The van der Waals surface area contributed by atoms with Gasteiger partial charge >= 0.3 is 16.5 Å². The molecule has 0 radical (unpaired) electrons. The molecule has 10 aromatic rings. The largest absolute Gasteiger partial charge is 0.497 e. The quantitative estimate of drug-likeness (QED) is 0.139. The van der Waals surface area contributed by atoms with Gasteiger partial charge in [-0.05, 0) is 104 Å². The molecular weight excluding hydrogens is 991 g/mol. The minimum Gasteiger partial charge on any atom is -0.497 e. The molecule has 0 bridgehead atoms. The van der Waals surface area contributed by atoms with E-state index in [2.05, 4.69) is 119 Å². The Bertz CT molecular complexity index is 3560. The Morgan fingerprint density at radius 2 is 0.579 bits per heavy atom. The highest BCUT2D eigenvalue weighted by Gasteiger charge is 2.30. The van der Waals surface area contributed by atoms with Crippen molar-refractivity contribution < 1.29 is 44.8 Å². The molecule has 0 aliphatic rings. The predicted molar refractivity (Wildman–Crippen MR) is 313 cm³/mol. The fraction of sp³-hybridized carbons (Fsp3) is 0.312. The van der Waals surface area contributed by atoms with E-state index in [1.807, 2.05) is 84.9 Å². The molecule has 394 valence electrons. The summed E-state index contributed by atoms with van der Waals surface area (Å²) in [6.45, 7) is 26.0. The molecule has 76 heavy (non-hydrogen) atoms. The van der Waals surface area contributed by atoms with E-state index in [0.717, 1.165) is 76.5 Å². The minimum absolute atomic E-state index is 0.371. The van der Waals surface area contributed by atoms with Gasteiger partial charge in [0.05, 0.1) is 28.4 Å². The highest BCUT2D eigenvalue weighted by Crippen LogP contribution is 2.53. The highest BCUT2D eigenvalue weighted by molar-refractivity contribution is 7.32. The SMILES string of the molecule is COc1cc(C(C)(C)C)c2op(Oc3ccc4ccccc4c3-c3c(Op4oc5c(C(C)(C)C)cc(OC)cc5c5cc(OC)cc(C(C)(C)C)c5o4)ccc4ccccc34)oc3c(C(C)(C)C)cc(OC)cc3c2c1. The Morgan fingerprint density at radius 3 is 0.829 bits per heavy atom. The molecule has 0 spiro atoms. The first kappa shape index (κ1) is 52.3. The van der Waals surface area contributed by atoms with Crippen LogP contribution >= 0.6 is 16.5 Å². The van der Waals surface area contributed by atoms with Gasteiger partial charge in [0.2, 0.25) is 0 Å². The number of rotatable bonds is 9. The zero-order valence-electron chi connectivity index (χ0n) is 46.5. The molecule has 10 nitrogen and oxygen atoms in total. The average molecular weight is 1060 g/mol. The lowest BCUT2D eigenvalue weighted by Crippen LogP contribution is -2.12. The van der Waals surface area contributed by atoms with Crippen LogP contribution in [0.2, 0.25) is 0 Å². The predicted octanol–water partition coefficient (Wildman–Crippen LogP) is 19.8. The van der Waals surface area contributed by atoms with Crippen LogP contribution in [0.1, 0.15) is 105 Å². The monoisotopic (exact) mass is 1060 g/mol. The van der Waals surface area contributed by atoms with Crippen molar-refractivity contribution >= 4 is 81.9 Å². The second-order valence-electron chi connectivity index (χ2n) is 23.5. The summed E-state index contributed by atoms with van der Waals surface area (Å²) < 4.78 is 67.4. The number of benzene rings is 8. The van der Waals surface area contributed by atoms with Gasteiger partial charge in [0, 0.05) is 54.9 Å². The van der Waals surface area contributed by atoms with Crippen LogP contribution in [-0.2, 0) is 21.7 Å². The summed E-state index contributed by atoms with van der Waals surface area (Å²) in [7, 11) is 2.30. The van der Waals surface area contributed by atoms with Crippen LogP contribution in [0.15, 0.2) is 138 Å². The lowest BCUT2D eigenvalue weighted by Gasteiger charge is -2.21. The van der Waals surface area contributed by atoms with Crippen LogP contribution in [0, 0.1) is 0 Å². The lowest BCUT2D eigenvalue weighted by molar-refractivity contribution is 0.413. The van der Waals surface area contributed by atoms with Crippen molar-refractivity contribution in [2.45, 2.75) is 105 Å². The van der Waals surface area contributed by atoms with E-state index in [9.17, 15) is 0 Å². The molecular formula is C64H68O10P2. The molecule has 0 saturated carbocycles. The van der Waals surface area contributed by atoms with Crippen molar-refractivity contribution in [1.29, 1.82) is 0 Å². The molecule has 2 aromatic heterocycles. The Balaban J connectivity index is 1.30. The van der Waals surface area contributed by atoms with Gasteiger partial charge in [0.15, 0.2) is 0 Å². The first-order valence-electron chi connectivity index (χ1n) is 25.6. The van der Waals surface area contributed by atoms with Gasteiger partial charge in [-0.3, -0.25) is 0 Å². The zero-order valence-corrected chi connectivity index (χ0v) is 48.3. The summed E-state index contributed by atoms with van der Waals surface area (Å²) in [6, 6.07) is 41.0. The van der Waals surface area contributed by atoms with Crippen molar-refractivity contribution in [2.24, 2.45) is 0 Å². The molecule has 0 unspecified atom stereocenters. The molecule has 12 heteroatoms. The summed E-state index contributed by atoms with van der Waals surface area (Å²) in [5.41, 5.74) is 6.42. The van der Waals surface area contributed by atoms with Crippen LogP contribution in [0.25, 0.3) is 76.5 Å². The van der Waals surface area contributed by atoms with E-state index in [-0.39, 0.29) is 21.7 Å². The van der Waals surface area contributed by atoms with Crippen LogP contribution in [0.5, 0.6) is 34.5 Å². The molecule has 0 amide bonds. The normalized spacial score (nSPS) is 12.5. The van der Waals surface area contributed by atoms with Crippen molar-refractivity contribution in [1.82, 2.24) is 0 Å². The van der Waals surface area contributed by atoms with Crippen LogP contribution < -0.4 is 28.0 Å². The third-order valence-electron chi connectivity index (χ3n) is 14.0. The van der Waals surface area contributed by atoms with E-state index in [4.69, 9.17) is 44.8 Å². The molecule has 0 aliphatic carbocycles. The molecule has 0 fully saturated rings. The van der Waals surface area contributed by atoms with Gasteiger partial charge in [-0.1, -0.05) is 144 Å². The van der Waals surface area contributed by atoms with Crippen LogP contribution in [0.4, 0.5) is 0 Å². The number of hydrogen-bond donors (Lipinski definition) is 0. The van der Waals surface area contributed by atoms with E-state index >= 15 is 0 Å². The second kappa shape index (κ2) is 19.5. The molecule has 10 rings (SSSR count). The topological polar surface area (TPSA) is 108 Å².